The molecule has 1 aromatic heterocycles. The number of rotatable bonds is 0. The van der Waals surface area contributed by atoms with Crippen molar-refractivity contribution >= 4 is 15.6 Å². The van der Waals surface area contributed by atoms with Gasteiger partial charge in [0.2, 0.25) is 5.82 Å². The van der Waals surface area contributed by atoms with E-state index in [1.165, 1.54) is 0 Å². The first-order valence-electron chi connectivity index (χ1n) is 3.74. The molecule has 15 heteroatoms. The van der Waals surface area contributed by atoms with E-state index < -0.39 is 32.7 Å². The minimum absolute atomic E-state index is 0.707. The van der Waals surface area contributed by atoms with Crippen LogP contribution in [0, 0.1) is 5.82 Å². The van der Waals surface area contributed by atoms with E-state index in [2.05, 4.69) is 0 Å². The Kier molecular flexibility index (Phi) is 8.58. The molecule has 0 aliphatic carbocycles. The highest BCUT2D eigenvalue weighted by Crippen LogP contribution is 2.26. The highest BCUT2D eigenvalue weighted by molar-refractivity contribution is 7.45. The Hall–Kier alpha value is -1.17. The van der Waals surface area contributed by atoms with Gasteiger partial charge < -0.3 is 34.3 Å². The molecule has 1 aromatic rings. The summed E-state index contributed by atoms with van der Waals surface area (Å²) in [4.78, 5) is 67.1. The molecule has 0 aliphatic heterocycles. The normalized spacial score (nSPS) is 10.7. The summed E-state index contributed by atoms with van der Waals surface area (Å²) >= 11 is 0. The molecule has 0 unspecified atom stereocenters. The molecule has 0 amide bonds. The number of aromatic nitrogens is 2. The monoisotopic (exact) mass is 326 g/mol. The van der Waals surface area contributed by atoms with E-state index in [-0.39, 0.29) is 0 Å². The summed E-state index contributed by atoms with van der Waals surface area (Å²) in [5, 5.41) is 0. The summed E-state index contributed by atoms with van der Waals surface area (Å²) in [5.74, 6) is -0.991. The zero-order valence-corrected chi connectivity index (χ0v) is 10.5. The van der Waals surface area contributed by atoms with E-state index in [0.717, 1.165) is 0 Å². The predicted octanol–water partition coefficient (Wildman–Crippen LogP) is -2.65. The van der Waals surface area contributed by atoms with Crippen LogP contribution in [-0.4, -0.2) is 39.3 Å². The van der Waals surface area contributed by atoms with Crippen molar-refractivity contribution in [1.29, 1.82) is 0 Å². The zero-order valence-electron chi connectivity index (χ0n) is 8.67. The third-order valence-electron chi connectivity index (χ3n) is 0.774. The fraction of sp³-hybridized carbons (Fsp3) is 0. The van der Waals surface area contributed by atoms with Crippen molar-refractivity contribution in [2.24, 2.45) is 0 Å². The predicted molar refractivity (Wildman–Crippen MR) is 56.2 cm³/mol. The van der Waals surface area contributed by atoms with Gasteiger partial charge in [0.15, 0.2) is 0 Å². The third kappa shape index (κ3) is 26.4. The number of hydrogen-bond acceptors (Lipinski definition) is 4. The van der Waals surface area contributed by atoms with Crippen LogP contribution in [0.3, 0.4) is 0 Å². The average molecular weight is 326 g/mol. The van der Waals surface area contributed by atoms with E-state index in [1.54, 1.807) is 4.98 Å². The maximum atomic E-state index is 12.0. The molecule has 12 nitrogen and oxygen atoms in total. The SMILES string of the molecule is O=P(O)(O)O.O=P(O)(O)O.O=c1[nH]cc(F)c(=O)[nH]1. The van der Waals surface area contributed by atoms with E-state index >= 15 is 0 Å². The molecule has 1 rings (SSSR count). The molecule has 0 fully saturated rings. The molecule has 0 saturated heterocycles. The molecule has 0 saturated carbocycles. The quantitative estimate of drug-likeness (QED) is 0.231. The summed E-state index contributed by atoms with van der Waals surface area (Å²) in [6.45, 7) is 0. The van der Waals surface area contributed by atoms with Crippen LogP contribution in [-0.2, 0) is 9.13 Å². The highest BCUT2D eigenvalue weighted by Gasteiger charge is 2.00. The average Bonchev–Trinajstić information content (AvgIpc) is 2.06. The largest absolute Gasteiger partial charge is 0.466 e. The molecule has 0 bridgehead atoms. The number of halogens is 1. The van der Waals surface area contributed by atoms with Gasteiger partial charge in [-0.3, -0.25) is 9.78 Å². The van der Waals surface area contributed by atoms with Crippen LogP contribution in [0.1, 0.15) is 0 Å². The summed E-state index contributed by atoms with van der Waals surface area (Å²) in [6, 6.07) is 0. The van der Waals surface area contributed by atoms with Gasteiger partial charge in [0.05, 0.1) is 0 Å². The van der Waals surface area contributed by atoms with Gasteiger partial charge in [-0.25, -0.2) is 13.9 Å². The highest BCUT2D eigenvalue weighted by atomic mass is 31.2. The summed E-state index contributed by atoms with van der Waals surface area (Å²) in [5.41, 5.74) is -1.71. The third-order valence-corrected chi connectivity index (χ3v) is 0.774. The van der Waals surface area contributed by atoms with Gasteiger partial charge in [-0.2, -0.15) is 4.39 Å². The lowest BCUT2D eigenvalue weighted by atomic mass is 10.6. The second-order valence-corrected chi connectivity index (χ2v) is 4.50. The number of hydrogen-bond donors (Lipinski definition) is 8. The topological polar surface area (TPSA) is 221 Å². The Morgan fingerprint density at radius 1 is 0.947 bits per heavy atom. The van der Waals surface area contributed by atoms with Gasteiger partial charge in [0.25, 0.3) is 5.56 Å². The molecule has 0 radical (unpaired) electrons. The molecule has 8 N–H and O–H groups in total. The van der Waals surface area contributed by atoms with Crippen LogP contribution in [0.15, 0.2) is 15.8 Å². The zero-order chi connectivity index (χ0) is 15.9. The first kappa shape index (κ1) is 20.2. The second-order valence-electron chi connectivity index (χ2n) is 2.45. The maximum Gasteiger partial charge on any atom is 0.466 e. The number of aromatic amines is 2. The maximum absolute atomic E-state index is 12.0. The van der Waals surface area contributed by atoms with E-state index in [9.17, 15) is 14.0 Å². The summed E-state index contributed by atoms with van der Waals surface area (Å²) < 4.78 is 29.7. The Bertz CT molecular complexity index is 545. The summed E-state index contributed by atoms with van der Waals surface area (Å²) in [6.07, 6.45) is 0.709. The lowest BCUT2D eigenvalue weighted by Gasteiger charge is -1.82. The Morgan fingerprint density at radius 2 is 1.26 bits per heavy atom. The number of H-pyrrole nitrogens is 2. The Labute approximate surface area is 102 Å². The van der Waals surface area contributed by atoms with Crippen LogP contribution in [0.5, 0.6) is 0 Å². The first-order chi connectivity index (χ1) is 8.20. The minimum atomic E-state index is -4.64. The molecule has 1 heterocycles. The van der Waals surface area contributed by atoms with Crippen LogP contribution in [0.2, 0.25) is 0 Å². The number of nitrogens with one attached hydrogen (secondary N) is 2. The van der Waals surface area contributed by atoms with Gasteiger partial charge >= 0.3 is 21.3 Å². The van der Waals surface area contributed by atoms with Gasteiger partial charge in [0.1, 0.15) is 0 Å². The molecular formula is C4H9FN2O10P2. The smallest absolute Gasteiger partial charge is 0.311 e. The van der Waals surface area contributed by atoms with E-state index in [1.807, 2.05) is 4.98 Å². The van der Waals surface area contributed by atoms with E-state index in [0.29, 0.717) is 6.20 Å². The fourth-order valence-electron chi connectivity index (χ4n) is 0.393. The Morgan fingerprint density at radius 3 is 1.47 bits per heavy atom. The lowest BCUT2D eigenvalue weighted by Crippen LogP contribution is -2.23. The van der Waals surface area contributed by atoms with Crippen LogP contribution in [0.25, 0.3) is 0 Å². The lowest BCUT2D eigenvalue weighted by molar-refractivity contribution is 0.272. The Balaban J connectivity index is 0. The first-order valence-corrected chi connectivity index (χ1v) is 6.87. The van der Waals surface area contributed by atoms with Crippen molar-refractivity contribution < 1.29 is 42.9 Å². The molecule has 0 atom stereocenters. The fourth-order valence-corrected chi connectivity index (χ4v) is 0.393. The molecule has 0 aliphatic rings. The van der Waals surface area contributed by atoms with Crippen molar-refractivity contribution in [1.82, 2.24) is 9.97 Å². The van der Waals surface area contributed by atoms with Crippen molar-refractivity contribution in [3.63, 3.8) is 0 Å². The molecule has 0 aromatic carbocycles. The minimum Gasteiger partial charge on any atom is -0.311 e. The standard InChI is InChI=1S/C4H3FN2O2.2H3O4P/c5-2-1-6-4(9)7-3(2)8;2*1-5(2,3)4/h1H,(H2,6,7,8,9);2*(H3,1,2,3,4). The van der Waals surface area contributed by atoms with Crippen molar-refractivity contribution in [3.05, 3.63) is 32.9 Å². The number of phosphoric acid groups is 2. The van der Waals surface area contributed by atoms with E-state index in [4.69, 9.17) is 38.5 Å². The van der Waals surface area contributed by atoms with Gasteiger partial charge in [-0.05, 0) is 0 Å². The molecule has 112 valence electrons. The molecule has 0 spiro atoms. The van der Waals surface area contributed by atoms with Crippen molar-refractivity contribution in [3.8, 4) is 0 Å². The van der Waals surface area contributed by atoms with Crippen molar-refractivity contribution in [2.75, 3.05) is 0 Å². The van der Waals surface area contributed by atoms with Gasteiger partial charge in [-0.1, -0.05) is 0 Å². The van der Waals surface area contributed by atoms with Crippen molar-refractivity contribution in [2.45, 2.75) is 0 Å². The molecular weight excluding hydrogens is 317 g/mol. The van der Waals surface area contributed by atoms with Crippen LogP contribution in [0.4, 0.5) is 4.39 Å². The summed E-state index contributed by atoms with van der Waals surface area (Å²) in [7, 11) is -9.28. The van der Waals surface area contributed by atoms with Crippen LogP contribution < -0.4 is 11.2 Å². The second kappa shape index (κ2) is 8.09. The van der Waals surface area contributed by atoms with Crippen LogP contribution >= 0.6 is 15.6 Å². The van der Waals surface area contributed by atoms with Gasteiger partial charge in [0, 0.05) is 6.20 Å². The van der Waals surface area contributed by atoms with Gasteiger partial charge in [-0.15, -0.1) is 0 Å². The molecule has 19 heavy (non-hydrogen) atoms.